The molecule has 0 aromatic heterocycles. The molecule has 0 radical (unpaired) electrons. The molecule has 1 aliphatic carbocycles. The molecule has 6 aromatic carbocycles. The Morgan fingerprint density at radius 1 is 0.574 bits per heavy atom. The Morgan fingerprint density at radius 3 is 1.38 bits per heavy atom. The first-order valence-corrected chi connectivity index (χ1v) is 15.0. The Kier molecular flexibility index (Phi) is 7.01. The van der Waals surface area contributed by atoms with Gasteiger partial charge >= 0.3 is 0 Å². The Labute approximate surface area is 271 Å². The normalized spacial score (nSPS) is 13.4. The van der Waals surface area contributed by atoms with E-state index in [-0.39, 0.29) is 23.0 Å². The molecule has 1 aliphatic rings. The molecule has 7 rings (SSSR count). The second-order valence-corrected chi connectivity index (χ2v) is 11.7. The largest absolute Gasteiger partial charge is 0.504 e. The lowest BCUT2D eigenvalue weighted by atomic mass is 9.94. The fourth-order valence-electron chi connectivity index (χ4n) is 6.63. The summed E-state index contributed by atoms with van der Waals surface area (Å²) in [5.74, 6) is 0.0248. The molecular weight excluding hydrogens is 592 g/mol. The van der Waals surface area contributed by atoms with Crippen LogP contribution in [-0.4, -0.2) is 47.1 Å². The fraction of sp³-hybridized carbons (Fsp3) is 0.128. The summed E-state index contributed by atoms with van der Waals surface area (Å²) in [7, 11) is 3.21. The average Bonchev–Trinajstić information content (AvgIpc) is 3.33. The number of rotatable bonds is 6. The Balaban J connectivity index is 1.61. The van der Waals surface area contributed by atoms with E-state index in [1.165, 1.54) is 24.6 Å². The summed E-state index contributed by atoms with van der Waals surface area (Å²) in [4.78, 5) is 10.4. The van der Waals surface area contributed by atoms with Crippen molar-refractivity contribution in [1.82, 2.24) is 0 Å². The quantitative estimate of drug-likeness (QED) is 0.110. The predicted molar refractivity (Wildman–Crippen MR) is 185 cm³/mol. The highest BCUT2D eigenvalue weighted by Gasteiger charge is 2.46. The zero-order valence-corrected chi connectivity index (χ0v) is 26.2. The van der Waals surface area contributed by atoms with Crippen molar-refractivity contribution < 1.29 is 29.9 Å². The molecule has 0 spiro atoms. The fourth-order valence-corrected chi connectivity index (χ4v) is 6.63. The number of hydrogen-bond donors (Lipinski definition) is 4. The van der Waals surface area contributed by atoms with Gasteiger partial charge in [-0.2, -0.15) is 0 Å². The van der Waals surface area contributed by atoms with Crippen molar-refractivity contribution >= 4 is 34.0 Å². The van der Waals surface area contributed by atoms with Gasteiger partial charge in [-0.1, -0.05) is 60.7 Å². The summed E-state index contributed by atoms with van der Waals surface area (Å²) in [6, 6.07) is 25.7. The number of phenols is 4. The number of fused-ring (bicyclic) bond motifs is 5. The van der Waals surface area contributed by atoms with Gasteiger partial charge in [-0.25, -0.2) is 0 Å². The lowest BCUT2D eigenvalue weighted by Gasteiger charge is -2.25. The molecule has 0 amide bonds. The van der Waals surface area contributed by atoms with Crippen LogP contribution in [0.5, 0.6) is 34.5 Å². The number of benzene rings is 6. The Bertz CT molecular complexity index is 2140. The van der Waals surface area contributed by atoms with Crippen LogP contribution >= 0.6 is 0 Å². The van der Waals surface area contributed by atoms with Crippen LogP contribution in [0, 0.1) is 13.8 Å². The van der Waals surface area contributed by atoms with E-state index < -0.39 is 5.66 Å². The summed E-state index contributed by atoms with van der Waals surface area (Å²) in [6.45, 7) is 3.91. The smallest absolute Gasteiger partial charge is 0.202 e. The molecule has 0 saturated carbocycles. The number of nitrogens with zero attached hydrogens (tertiary/aromatic N) is 2. The topological polar surface area (TPSA) is 124 Å². The van der Waals surface area contributed by atoms with Gasteiger partial charge in [-0.05, 0) is 70.8 Å². The molecule has 0 saturated heterocycles. The minimum absolute atomic E-state index is 0.277. The number of methoxy groups -OCH3 is 2. The molecule has 0 fully saturated rings. The minimum atomic E-state index is -1.48. The predicted octanol–water partition coefficient (Wildman–Crippen LogP) is 7.87. The van der Waals surface area contributed by atoms with Crippen LogP contribution in [0.2, 0.25) is 0 Å². The van der Waals surface area contributed by atoms with E-state index in [0.717, 1.165) is 33.0 Å². The maximum atomic E-state index is 11.1. The number of hydrogen-bond acceptors (Lipinski definition) is 8. The zero-order valence-electron chi connectivity index (χ0n) is 26.2. The first-order valence-electron chi connectivity index (χ1n) is 15.0. The Morgan fingerprint density at radius 2 is 0.979 bits per heavy atom. The molecular formula is C39H32N2O6. The summed E-state index contributed by atoms with van der Waals surface area (Å²) < 4.78 is 11.8. The summed E-state index contributed by atoms with van der Waals surface area (Å²) in [6.07, 6.45) is 3.05. The van der Waals surface area contributed by atoms with Gasteiger partial charge in [0, 0.05) is 45.8 Å². The molecule has 6 aromatic rings. The zero-order chi connectivity index (χ0) is 33.0. The first kappa shape index (κ1) is 29.7. The van der Waals surface area contributed by atoms with Crippen molar-refractivity contribution in [3.63, 3.8) is 0 Å². The summed E-state index contributed by atoms with van der Waals surface area (Å²) in [5, 5.41) is 46.4. The second-order valence-electron chi connectivity index (χ2n) is 11.7. The van der Waals surface area contributed by atoms with Crippen LogP contribution in [0.15, 0.2) is 94.9 Å². The van der Waals surface area contributed by atoms with E-state index in [1.54, 1.807) is 14.2 Å². The van der Waals surface area contributed by atoms with E-state index in [9.17, 15) is 20.4 Å². The third kappa shape index (κ3) is 4.60. The maximum absolute atomic E-state index is 11.1. The number of ether oxygens (including phenoxy) is 2. The van der Waals surface area contributed by atoms with E-state index >= 15 is 0 Å². The van der Waals surface area contributed by atoms with Crippen LogP contribution in [0.3, 0.4) is 0 Å². The molecule has 234 valence electrons. The number of aliphatic imine (C=N–C) groups is 2. The van der Waals surface area contributed by atoms with Gasteiger partial charge in [-0.3, -0.25) is 9.98 Å². The van der Waals surface area contributed by atoms with Crippen LogP contribution in [0.25, 0.3) is 32.7 Å². The second kappa shape index (κ2) is 11.1. The molecule has 0 atom stereocenters. The lowest BCUT2D eigenvalue weighted by Crippen LogP contribution is -2.21. The van der Waals surface area contributed by atoms with E-state index in [1.807, 2.05) is 86.6 Å². The van der Waals surface area contributed by atoms with Crippen molar-refractivity contribution in [3.8, 4) is 45.6 Å². The SMILES string of the molecule is COc1cc(C)cc2c1-c1c(OC)cc(C)cc1C2(/N=C/c1c(O)c(O)cc2ccccc12)/N=C/c1c(O)c(O)cc2ccccc12. The van der Waals surface area contributed by atoms with Crippen molar-refractivity contribution in [2.24, 2.45) is 9.98 Å². The molecule has 0 aliphatic heterocycles. The van der Waals surface area contributed by atoms with Gasteiger partial charge in [0.25, 0.3) is 0 Å². The molecule has 47 heavy (non-hydrogen) atoms. The number of aromatic hydroxyl groups is 4. The molecule has 8 nitrogen and oxygen atoms in total. The van der Waals surface area contributed by atoms with Crippen molar-refractivity contribution in [3.05, 3.63) is 118 Å². The number of phenolic OH excluding ortho intramolecular Hbond substituents is 4. The average molecular weight is 625 g/mol. The number of aryl methyl sites for hydroxylation is 2. The van der Waals surface area contributed by atoms with Crippen LogP contribution in [0.1, 0.15) is 33.4 Å². The van der Waals surface area contributed by atoms with Gasteiger partial charge in [0.2, 0.25) is 5.66 Å². The highest BCUT2D eigenvalue weighted by molar-refractivity contribution is 6.06. The van der Waals surface area contributed by atoms with Crippen LogP contribution < -0.4 is 9.47 Å². The Hall–Kier alpha value is -6.02. The monoisotopic (exact) mass is 624 g/mol. The third-order valence-electron chi connectivity index (χ3n) is 8.78. The standard InChI is InChI=1S/C39H32N2O6/c1-21-13-29-35(33(15-21)46-3)36-30(14-22(2)16-34(36)47-4)39(29,40-19-27-25-11-7-5-9-23(25)17-31(42)37(27)44)41-20-28-26-12-8-6-10-24(26)18-32(43)38(28)45/h5-20,42-45H,1-4H3/b40-19+,41-20+. The highest BCUT2D eigenvalue weighted by atomic mass is 16.5. The van der Waals surface area contributed by atoms with Crippen molar-refractivity contribution in [1.29, 1.82) is 0 Å². The minimum Gasteiger partial charge on any atom is -0.504 e. The molecule has 0 unspecified atom stereocenters. The molecule has 0 heterocycles. The van der Waals surface area contributed by atoms with E-state index in [2.05, 4.69) is 0 Å². The molecule has 8 heteroatoms. The van der Waals surface area contributed by atoms with Crippen LogP contribution in [-0.2, 0) is 5.66 Å². The highest BCUT2D eigenvalue weighted by Crippen LogP contribution is 2.58. The van der Waals surface area contributed by atoms with Gasteiger partial charge in [0.05, 0.1) is 14.2 Å². The van der Waals surface area contributed by atoms with Gasteiger partial charge < -0.3 is 29.9 Å². The van der Waals surface area contributed by atoms with E-state index in [4.69, 9.17) is 19.5 Å². The maximum Gasteiger partial charge on any atom is 0.202 e. The van der Waals surface area contributed by atoms with Gasteiger partial charge in [-0.15, -0.1) is 0 Å². The molecule has 0 bridgehead atoms. The van der Waals surface area contributed by atoms with E-state index in [0.29, 0.717) is 44.5 Å². The van der Waals surface area contributed by atoms with Gasteiger partial charge in [0.1, 0.15) is 11.5 Å². The van der Waals surface area contributed by atoms with Crippen LogP contribution in [0.4, 0.5) is 0 Å². The summed E-state index contributed by atoms with van der Waals surface area (Å²) in [5.41, 5.74) is 3.81. The summed E-state index contributed by atoms with van der Waals surface area (Å²) >= 11 is 0. The van der Waals surface area contributed by atoms with Gasteiger partial charge in [0.15, 0.2) is 23.0 Å². The van der Waals surface area contributed by atoms with Crippen molar-refractivity contribution in [2.45, 2.75) is 19.5 Å². The lowest BCUT2D eigenvalue weighted by molar-refractivity contribution is 0.404. The van der Waals surface area contributed by atoms with Crippen molar-refractivity contribution in [2.75, 3.05) is 14.2 Å². The molecule has 4 N–H and O–H groups in total. The third-order valence-corrected chi connectivity index (χ3v) is 8.78. The first-order chi connectivity index (χ1) is 22.7.